The number of rotatable bonds is 3. The average molecular weight is 242 g/mol. The van der Waals surface area contributed by atoms with E-state index in [9.17, 15) is 0 Å². The van der Waals surface area contributed by atoms with Crippen molar-refractivity contribution in [2.24, 2.45) is 0 Å². The van der Waals surface area contributed by atoms with E-state index in [1.54, 1.807) is 0 Å². The zero-order valence-corrected chi connectivity index (χ0v) is 10.9. The number of hydrogen-bond donors (Lipinski definition) is 0. The molecule has 2 heterocycles. The number of aromatic nitrogens is 4. The molecule has 94 valence electrons. The lowest BCUT2D eigenvalue weighted by atomic mass is 9.82. The maximum Gasteiger partial charge on any atom is 0.178 e. The molecule has 3 rings (SSSR count). The first-order chi connectivity index (χ1) is 8.78. The maximum absolute atomic E-state index is 4.73. The van der Waals surface area contributed by atoms with Gasteiger partial charge in [-0.15, -0.1) is 0 Å². The van der Waals surface area contributed by atoms with E-state index in [1.807, 2.05) is 23.9 Å². The van der Waals surface area contributed by atoms with Crippen LogP contribution in [0.4, 0.5) is 0 Å². The van der Waals surface area contributed by atoms with Crippen molar-refractivity contribution in [1.29, 1.82) is 0 Å². The standard InChI is InChI=1S/C14H18N4/c1-3-18-13(7-8-15-18)14-16-10(2)9-12(17-14)11-5-4-6-11/h7-9,11H,3-6H2,1-2H3. The first-order valence-electron chi connectivity index (χ1n) is 6.65. The fourth-order valence-electron chi connectivity index (χ4n) is 2.40. The van der Waals surface area contributed by atoms with Gasteiger partial charge in [-0.2, -0.15) is 5.10 Å². The topological polar surface area (TPSA) is 43.6 Å². The summed E-state index contributed by atoms with van der Waals surface area (Å²) in [6.45, 7) is 4.97. The SMILES string of the molecule is CCn1nccc1-c1nc(C)cc(C2CCC2)n1. The number of hydrogen-bond acceptors (Lipinski definition) is 3. The third kappa shape index (κ3) is 1.92. The lowest BCUT2D eigenvalue weighted by Gasteiger charge is -2.25. The van der Waals surface area contributed by atoms with Gasteiger partial charge < -0.3 is 0 Å². The lowest BCUT2D eigenvalue weighted by Crippen LogP contribution is -2.12. The Kier molecular flexibility index (Phi) is 2.86. The van der Waals surface area contributed by atoms with Crippen LogP contribution in [-0.4, -0.2) is 19.7 Å². The quantitative estimate of drug-likeness (QED) is 0.831. The van der Waals surface area contributed by atoms with Gasteiger partial charge in [0.15, 0.2) is 5.82 Å². The van der Waals surface area contributed by atoms with Crippen LogP contribution in [0.2, 0.25) is 0 Å². The first kappa shape index (κ1) is 11.4. The Bertz CT molecular complexity index is 555. The molecule has 2 aromatic rings. The van der Waals surface area contributed by atoms with Gasteiger partial charge >= 0.3 is 0 Å². The Morgan fingerprint density at radius 2 is 2.17 bits per heavy atom. The van der Waals surface area contributed by atoms with Crippen LogP contribution in [0, 0.1) is 6.92 Å². The van der Waals surface area contributed by atoms with Crippen LogP contribution in [0.1, 0.15) is 43.5 Å². The van der Waals surface area contributed by atoms with Crippen molar-refractivity contribution in [3.8, 4) is 11.5 Å². The van der Waals surface area contributed by atoms with Crippen molar-refractivity contribution in [2.75, 3.05) is 0 Å². The highest BCUT2D eigenvalue weighted by Crippen LogP contribution is 2.36. The summed E-state index contributed by atoms with van der Waals surface area (Å²) in [6, 6.07) is 4.11. The van der Waals surface area contributed by atoms with Gasteiger partial charge in [-0.25, -0.2) is 9.97 Å². The minimum atomic E-state index is 0.642. The molecule has 0 atom stereocenters. The second-order valence-corrected chi connectivity index (χ2v) is 4.92. The molecule has 0 saturated heterocycles. The van der Waals surface area contributed by atoms with Crippen molar-refractivity contribution in [2.45, 2.75) is 45.6 Å². The first-order valence-corrected chi connectivity index (χ1v) is 6.65. The van der Waals surface area contributed by atoms with E-state index in [0.29, 0.717) is 5.92 Å². The largest absolute Gasteiger partial charge is 0.262 e. The highest BCUT2D eigenvalue weighted by molar-refractivity contribution is 5.49. The van der Waals surface area contributed by atoms with E-state index < -0.39 is 0 Å². The Balaban J connectivity index is 2.03. The van der Waals surface area contributed by atoms with Gasteiger partial charge in [0.2, 0.25) is 0 Å². The minimum Gasteiger partial charge on any atom is -0.262 e. The molecule has 0 N–H and O–H groups in total. The predicted octanol–water partition coefficient (Wildman–Crippen LogP) is 2.94. The van der Waals surface area contributed by atoms with Crippen LogP contribution in [0.25, 0.3) is 11.5 Å². The molecule has 4 nitrogen and oxygen atoms in total. The fraction of sp³-hybridized carbons (Fsp3) is 0.500. The smallest absolute Gasteiger partial charge is 0.178 e. The van der Waals surface area contributed by atoms with Gasteiger partial charge in [0.25, 0.3) is 0 Å². The molecule has 0 amide bonds. The van der Waals surface area contributed by atoms with Gasteiger partial charge in [0.05, 0.1) is 0 Å². The summed E-state index contributed by atoms with van der Waals surface area (Å²) in [7, 11) is 0. The normalized spacial score (nSPS) is 15.7. The molecule has 18 heavy (non-hydrogen) atoms. The van der Waals surface area contributed by atoms with Gasteiger partial charge in [0, 0.05) is 30.0 Å². The Morgan fingerprint density at radius 3 is 2.83 bits per heavy atom. The zero-order chi connectivity index (χ0) is 12.5. The average Bonchev–Trinajstić information content (AvgIpc) is 2.73. The highest BCUT2D eigenvalue weighted by Gasteiger charge is 2.22. The molecule has 1 aliphatic rings. The summed E-state index contributed by atoms with van der Waals surface area (Å²) in [5, 5.41) is 4.29. The molecule has 0 unspecified atom stereocenters. The Morgan fingerprint density at radius 1 is 1.33 bits per heavy atom. The molecular formula is C14H18N4. The zero-order valence-electron chi connectivity index (χ0n) is 10.9. The molecule has 4 heteroatoms. The third-order valence-corrected chi connectivity index (χ3v) is 3.64. The van der Waals surface area contributed by atoms with E-state index in [-0.39, 0.29) is 0 Å². The molecule has 0 aromatic carbocycles. The van der Waals surface area contributed by atoms with Crippen LogP contribution in [-0.2, 0) is 6.54 Å². The molecule has 1 fully saturated rings. The fourth-order valence-corrected chi connectivity index (χ4v) is 2.40. The van der Waals surface area contributed by atoms with Gasteiger partial charge in [-0.3, -0.25) is 4.68 Å². The second kappa shape index (κ2) is 4.52. The second-order valence-electron chi connectivity index (χ2n) is 4.92. The van der Waals surface area contributed by atoms with Crippen LogP contribution < -0.4 is 0 Å². The number of aryl methyl sites for hydroxylation is 2. The molecule has 0 spiro atoms. The van der Waals surface area contributed by atoms with E-state index >= 15 is 0 Å². The van der Waals surface area contributed by atoms with Crippen LogP contribution in [0.5, 0.6) is 0 Å². The third-order valence-electron chi connectivity index (χ3n) is 3.64. The van der Waals surface area contributed by atoms with Crippen LogP contribution in [0.3, 0.4) is 0 Å². The van der Waals surface area contributed by atoms with E-state index in [4.69, 9.17) is 4.98 Å². The van der Waals surface area contributed by atoms with Crippen molar-refractivity contribution in [1.82, 2.24) is 19.7 Å². The Labute approximate surface area is 107 Å². The van der Waals surface area contributed by atoms with E-state index in [0.717, 1.165) is 23.8 Å². The van der Waals surface area contributed by atoms with Gasteiger partial charge in [-0.05, 0) is 38.8 Å². The highest BCUT2D eigenvalue weighted by atomic mass is 15.3. The van der Waals surface area contributed by atoms with Crippen molar-refractivity contribution in [3.63, 3.8) is 0 Å². The monoisotopic (exact) mass is 242 g/mol. The molecule has 1 saturated carbocycles. The summed E-state index contributed by atoms with van der Waals surface area (Å²) in [5.41, 5.74) is 3.26. The van der Waals surface area contributed by atoms with Crippen LogP contribution in [0.15, 0.2) is 18.3 Å². The van der Waals surface area contributed by atoms with Gasteiger partial charge in [0.1, 0.15) is 5.69 Å². The molecule has 0 aliphatic heterocycles. The molecule has 1 aliphatic carbocycles. The minimum absolute atomic E-state index is 0.642. The number of nitrogens with zero attached hydrogens (tertiary/aromatic N) is 4. The van der Waals surface area contributed by atoms with Crippen LogP contribution >= 0.6 is 0 Å². The van der Waals surface area contributed by atoms with Gasteiger partial charge in [-0.1, -0.05) is 6.42 Å². The molecule has 0 radical (unpaired) electrons. The summed E-state index contributed by atoms with van der Waals surface area (Å²) in [6.07, 6.45) is 5.68. The van der Waals surface area contributed by atoms with Crippen molar-refractivity contribution in [3.05, 3.63) is 29.7 Å². The Hall–Kier alpha value is -1.71. The summed E-state index contributed by atoms with van der Waals surface area (Å²) in [5.74, 6) is 1.46. The van der Waals surface area contributed by atoms with E-state index in [1.165, 1.54) is 25.0 Å². The summed E-state index contributed by atoms with van der Waals surface area (Å²) >= 11 is 0. The van der Waals surface area contributed by atoms with Crippen molar-refractivity contribution < 1.29 is 0 Å². The maximum atomic E-state index is 4.73. The molecular weight excluding hydrogens is 224 g/mol. The predicted molar refractivity (Wildman–Crippen MR) is 70.3 cm³/mol. The summed E-state index contributed by atoms with van der Waals surface area (Å²) in [4.78, 5) is 9.29. The van der Waals surface area contributed by atoms with E-state index in [2.05, 4.69) is 23.1 Å². The lowest BCUT2D eigenvalue weighted by molar-refractivity contribution is 0.410. The van der Waals surface area contributed by atoms with Crippen molar-refractivity contribution >= 4 is 0 Å². The summed E-state index contributed by atoms with van der Waals surface area (Å²) < 4.78 is 1.94. The molecule has 0 bridgehead atoms. The molecule has 2 aromatic heterocycles.